The van der Waals surface area contributed by atoms with Crippen LogP contribution in [0.2, 0.25) is 0 Å². The van der Waals surface area contributed by atoms with E-state index in [1.807, 2.05) is 24.3 Å². The van der Waals surface area contributed by atoms with E-state index in [0.717, 1.165) is 31.0 Å². The molecule has 1 saturated heterocycles. The zero-order chi connectivity index (χ0) is 17.1. The van der Waals surface area contributed by atoms with Gasteiger partial charge in [-0.25, -0.2) is 4.79 Å². The Labute approximate surface area is 144 Å². The van der Waals surface area contributed by atoms with Gasteiger partial charge < -0.3 is 15.7 Å². The van der Waals surface area contributed by atoms with E-state index in [0.29, 0.717) is 6.04 Å². The SMILES string of the molecule is CCc1ccc(C(CO)NC(=O)NC2CC(C)N(C3CC3)C2)cc1. The number of amides is 2. The first-order chi connectivity index (χ1) is 11.6. The van der Waals surface area contributed by atoms with E-state index in [1.54, 1.807) is 0 Å². The van der Waals surface area contributed by atoms with Gasteiger partial charge in [-0.05, 0) is 43.7 Å². The van der Waals surface area contributed by atoms with Crippen molar-refractivity contribution in [1.82, 2.24) is 15.5 Å². The average molecular weight is 331 g/mol. The minimum Gasteiger partial charge on any atom is -0.394 e. The van der Waals surface area contributed by atoms with Crippen molar-refractivity contribution >= 4 is 6.03 Å². The summed E-state index contributed by atoms with van der Waals surface area (Å²) in [6.07, 6.45) is 4.57. The molecule has 1 heterocycles. The largest absolute Gasteiger partial charge is 0.394 e. The molecule has 2 amide bonds. The summed E-state index contributed by atoms with van der Waals surface area (Å²) in [6, 6.07) is 8.96. The van der Waals surface area contributed by atoms with Crippen LogP contribution < -0.4 is 10.6 Å². The number of nitrogens with zero attached hydrogens (tertiary/aromatic N) is 1. The van der Waals surface area contributed by atoms with Crippen molar-refractivity contribution in [3.05, 3.63) is 35.4 Å². The van der Waals surface area contributed by atoms with Gasteiger partial charge in [-0.2, -0.15) is 0 Å². The van der Waals surface area contributed by atoms with Crippen molar-refractivity contribution < 1.29 is 9.90 Å². The summed E-state index contributed by atoms with van der Waals surface area (Å²) in [7, 11) is 0. The number of carbonyl (C=O) groups excluding carboxylic acids is 1. The fourth-order valence-electron chi connectivity index (χ4n) is 3.68. The predicted octanol–water partition coefficient (Wildman–Crippen LogP) is 2.21. The molecule has 1 saturated carbocycles. The van der Waals surface area contributed by atoms with Crippen molar-refractivity contribution in [3.63, 3.8) is 0 Å². The summed E-state index contributed by atoms with van der Waals surface area (Å²) in [5.41, 5.74) is 2.18. The lowest BCUT2D eigenvalue weighted by molar-refractivity contribution is 0.213. The molecule has 3 atom stereocenters. The van der Waals surface area contributed by atoms with Crippen LogP contribution in [0.4, 0.5) is 4.79 Å². The first-order valence-corrected chi connectivity index (χ1v) is 9.13. The van der Waals surface area contributed by atoms with Gasteiger partial charge in [-0.1, -0.05) is 31.2 Å². The summed E-state index contributed by atoms with van der Waals surface area (Å²) in [4.78, 5) is 14.8. The Morgan fingerprint density at radius 1 is 1.33 bits per heavy atom. The zero-order valence-corrected chi connectivity index (χ0v) is 14.7. The van der Waals surface area contributed by atoms with Gasteiger partial charge in [0.2, 0.25) is 0 Å². The first kappa shape index (κ1) is 17.2. The van der Waals surface area contributed by atoms with E-state index in [9.17, 15) is 9.90 Å². The van der Waals surface area contributed by atoms with E-state index in [1.165, 1.54) is 18.4 Å². The average Bonchev–Trinajstić information content (AvgIpc) is 3.36. The molecule has 1 aliphatic heterocycles. The molecule has 5 heteroatoms. The highest BCUT2D eigenvalue weighted by molar-refractivity contribution is 5.75. The van der Waals surface area contributed by atoms with Crippen LogP contribution in [0.1, 0.15) is 50.3 Å². The number of hydrogen-bond acceptors (Lipinski definition) is 3. The Morgan fingerprint density at radius 3 is 2.62 bits per heavy atom. The topological polar surface area (TPSA) is 64.6 Å². The maximum Gasteiger partial charge on any atom is 0.315 e. The first-order valence-electron chi connectivity index (χ1n) is 9.13. The third-order valence-electron chi connectivity index (χ3n) is 5.25. The molecule has 3 unspecified atom stereocenters. The Hall–Kier alpha value is -1.59. The quantitative estimate of drug-likeness (QED) is 0.749. The molecule has 3 rings (SSSR count). The van der Waals surface area contributed by atoms with Crippen LogP contribution in [0.25, 0.3) is 0 Å². The lowest BCUT2D eigenvalue weighted by atomic mass is 10.0. The minimum atomic E-state index is -0.366. The van der Waals surface area contributed by atoms with Crippen LogP contribution in [0.3, 0.4) is 0 Å². The molecule has 0 bridgehead atoms. The van der Waals surface area contributed by atoms with Crippen LogP contribution in [0.5, 0.6) is 0 Å². The summed E-state index contributed by atoms with van der Waals surface area (Å²) in [5.74, 6) is 0. The van der Waals surface area contributed by atoms with Crippen molar-refractivity contribution in [2.24, 2.45) is 0 Å². The van der Waals surface area contributed by atoms with Crippen molar-refractivity contribution in [1.29, 1.82) is 0 Å². The normalized spacial score (nSPS) is 25.5. The standard InChI is InChI=1S/C19H29N3O2/c1-3-14-4-6-15(7-5-14)18(12-23)21-19(24)20-16-10-13(2)22(11-16)17-8-9-17/h4-7,13,16-18,23H,3,8-12H2,1-2H3,(H2,20,21,24). The molecule has 24 heavy (non-hydrogen) atoms. The van der Waals surface area contributed by atoms with Crippen LogP contribution in [0.15, 0.2) is 24.3 Å². The Morgan fingerprint density at radius 2 is 2.04 bits per heavy atom. The van der Waals surface area contributed by atoms with Gasteiger partial charge in [-0.15, -0.1) is 0 Å². The number of aliphatic hydroxyl groups excluding tert-OH is 1. The lowest BCUT2D eigenvalue weighted by Gasteiger charge is -2.21. The molecular formula is C19H29N3O2. The lowest BCUT2D eigenvalue weighted by Crippen LogP contribution is -2.45. The van der Waals surface area contributed by atoms with Gasteiger partial charge in [-0.3, -0.25) is 4.90 Å². The fraction of sp³-hybridized carbons (Fsp3) is 0.632. The summed E-state index contributed by atoms with van der Waals surface area (Å²) in [6.45, 7) is 5.18. The molecule has 1 aliphatic carbocycles. The van der Waals surface area contributed by atoms with E-state index >= 15 is 0 Å². The molecule has 5 nitrogen and oxygen atoms in total. The molecule has 2 fully saturated rings. The molecule has 132 valence electrons. The van der Waals surface area contributed by atoms with E-state index < -0.39 is 0 Å². The number of urea groups is 1. The number of rotatable bonds is 6. The molecule has 0 radical (unpaired) electrons. The highest BCUT2D eigenvalue weighted by Crippen LogP contribution is 2.33. The number of likely N-dealkylation sites (tertiary alicyclic amines) is 1. The fourth-order valence-corrected chi connectivity index (χ4v) is 3.68. The number of hydrogen-bond donors (Lipinski definition) is 3. The maximum absolute atomic E-state index is 12.3. The molecule has 0 spiro atoms. The second kappa shape index (κ2) is 7.53. The van der Waals surface area contributed by atoms with E-state index in [4.69, 9.17) is 0 Å². The Kier molecular flexibility index (Phi) is 5.41. The molecule has 0 aromatic heterocycles. The van der Waals surface area contributed by atoms with Gasteiger partial charge in [0.05, 0.1) is 12.6 Å². The van der Waals surface area contributed by atoms with Gasteiger partial charge in [0.15, 0.2) is 0 Å². The highest BCUT2D eigenvalue weighted by Gasteiger charge is 2.39. The summed E-state index contributed by atoms with van der Waals surface area (Å²) < 4.78 is 0. The van der Waals surface area contributed by atoms with Gasteiger partial charge >= 0.3 is 6.03 Å². The van der Waals surface area contributed by atoms with Crippen LogP contribution in [-0.2, 0) is 6.42 Å². The van der Waals surface area contributed by atoms with Gasteiger partial charge in [0.25, 0.3) is 0 Å². The highest BCUT2D eigenvalue weighted by atomic mass is 16.3. The van der Waals surface area contributed by atoms with Crippen molar-refractivity contribution in [2.45, 2.75) is 63.7 Å². The zero-order valence-electron chi connectivity index (χ0n) is 14.7. The summed E-state index contributed by atoms with van der Waals surface area (Å²) >= 11 is 0. The van der Waals surface area contributed by atoms with Crippen LogP contribution in [-0.4, -0.2) is 47.3 Å². The Bertz CT molecular complexity index is 556. The third kappa shape index (κ3) is 4.08. The predicted molar refractivity (Wildman–Crippen MR) is 94.9 cm³/mol. The van der Waals surface area contributed by atoms with Gasteiger partial charge in [0, 0.05) is 24.7 Å². The maximum atomic E-state index is 12.3. The molecule has 3 N–H and O–H groups in total. The van der Waals surface area contributed by atoms with Crippen molar-refractivity contribution in [3.8, 4) is 0 Å². The molecular weight excluding hydrogens is 302 g/mol. The number of nitrogens with one attached hydrogen (secondary N) is 2. The smallest absolute Gasteiger partial charge is 0.315 e. The number of benzene rings is 1. The molecule has 1 aromatic rings. The van der Waals surface area contributed by atoms with Crippen LogP contribution in [0, 0.1) is 0 Å². The number of aliphatic hydroxyl groups is 1. The monoisotopic (exact) mass is 331 g/mol. The van der Waals surface area contributed by atoms with E-state index in [2.05, 4.69) is 29.4 Å². The third-order valence-corrected chi connectivity index (χ3v) is 5.25. The molecule has 1 aromatic carbocycles. The second-order valence-corrected chi connectivity index (χ2v) is 7.16. The number of carbonyl (C=O) groups is 1. The Balaban J connectivity index is 1.52. The molecule has 2 aliphatic rings. The minimum absolute atomic E-state index is 0.103. The van der Waals surface area contributed by atoms with Crippen molar-refractivity contribution in [2.75, 3.05) is 13.2 Å². The van der Waals surface area contributed by atoms with E-state index in [-0.39, 0.29) is 24.7 Å². The van der Waals surface area contributed by atoms with Crippen LogP contribution >= 0.6 is 0 Å². The van der Waals surface area contributed by atoms with Gasteiger partial charge in [0.1, 0.15) is 0 Å². The summed E-state index contributed by atoms with van der Waals surface area (Å²) in [5, 5.41) is 15.6. The second-order valence-electron chi connectivity index (χ2n) is 7.16. The number of aryl methyl sites for hydroxylation is 1.